The molecule has 2 fully saturated rings. The van der Waals surface area contributed by atoms with Crippen LogP contribution in [0.4, 0.5) is 9.59 Å². The summed E-state index contributed by atoms with van der Waals surface area (Å²) in [7, 11) is 0. The topological polar surface area (TPSA) is 190 Å². The van der Waals surface area contributed by atoms with Gasteiger partial charge in [-0.25, -0.2) is 9.59 Å². The van der Waals surface area contributed by atoms with Crippen molar-refractivity contribution in [1.29, 1.82) is 0 Å². The summed E-state index contributed by atoms with van der Waals surface area (Å²) in [4.78, 5) is 36.6. The molecular formula is C12H15N5O7S. The molecule has 0 unspecified atom stereocenters. The smallest absolute Gasteiger partial charge is 0.450 e. The van der Waals surface area contributed by atoms with Crippen LogP contribution in [-0.2, 0) is 14.3 Å². The minimum atomic E-state index is -1.61. The average Bonchev–Trinajstić information content (AvgIpc) is 2.87. The summed E-state index contributed by atoms with van der Waals surface area (Å²) >= 11 is 1.24. The van der Waals surface area contributed by atoms with Gasteiger partial charge in [-0.3, -0.25) is 4.79 Å². The summed E-state index contributed by atoms with van der Waals surface area (Å²) in [5, 5.41) is 28.1. The fourth-order valence-electron chi connectivity index (χ4n) is 3.39. The zero-order chi connectivity index (χ0) is 18.2. The monoisotopic (exact) mass is 373 g/mol. The van der Waals surface area contributed by atoms with Crippen LogP contribution in [0.1, 0.15) is 6.42 Å². The van der Waals surface area contributed by atoms with E-state index in [2.05, 4.69) is 20.5 Å². The average molecular weight is 373 g/mol. The maximum Gasteiger partial charge on any atom is 0.507 e. The highest BCUT2D eigenvalue weighted by molar-refractivity contribution is 7.99. The summed E-state index contributed by atoms with van der Waals surface area (Å²) in [6, 6.07) is 0. The van der Waals surface area contributed by atoms with Crippen LogP contribution >= 0.6 is 11.8 Å². The first kappa shape index (κ1) is 17.3. The Kier molecular flexibility index (Phi) is 4.43. The number of nitrogens with zero attached hydrogens (tertiary/aromatic N) is 2. The number of ether oxygens (including phenoxy) is 2. The number of aromatic amines is 1. The number of carbonyl (C=O) groups is 3. The molecule has 3 rings (SSSR count). The standard InChI is InChI=1S/C12H15N5O7S/c13-2-5(18)16-12(24-11(21)22)1-4(25-9-14-3-15-17-9)6-7(12)8(6)23-10(19)20/h3-4,6-8H,1-2,13H2,(H,16,18)(H,19,20)(H,21,22)(H,14,15,17)/t4-,6-,7-,8+,12+/m1/s1. The second-order valence-corrected chi connectivity index (χ2v) is 6.84. The van der Waals surface area contributed by atoms with Crippen molar-refractivity contribution in [2.45, 2.75) is 28.7 Å². The van der Waals surface area contributed by atoms with E-state index < -0.39 is 36.0 Å². The predicted octanol–water partition coefficient (Wildman–Crippen LogP) is -0.556. The highest BCUT2D eigenvalue weighted by Gasteiger charge is 2.75. The third kappa shape index (κ3) is 3.32. The molecule has 1 heterocycles. The quantitative estimate of drug-likeness (QED) is 0.317. The molecule has 0 spiro atoms. The van der Waals surface area contributed by atoms with Crippen molar-refractivity contribution in [3.8, 4) is 0 Å². The van der Waals surface area contributed by atoms with Crippen LogP contribution in [0.2, 0.25) is 0 Å². The second kappa shape index (κ2) is 6.40. The largest absolute Gasteiger partial charge is 0.507 e. The van der Waals surface area contributed by atoms with E-state index in [-0.39, 0.29) is 24.1 Å². The van der Waals surface area contributed by atoms with E-state index in [4.69, 9.17) is 25.4 Å². The van der Waals surface area contributed by atoms with Crippen molar-refractivity contribution in [2.24, 2.45) is 17.6 Å². The summed E-state index contributed by atoms with van der Waals surface area (Å²) in [5.74, 6) is -1.61. The number of rotatable bonds is 6. The summed E-state index contributed by atoms with van der Waals surface area (Å²) < 4.78 is 9.81. The SMILES string of the molecule is NCC(=O)N[C@]1(OC(=O)O)C[C@@H](Sc2nnc[nH]2)[C@H]2[C@H](OC(=O)O)[C@@H]21. The van der Waals surface area contributed by atoms with Gasteiger partial charge >= 0.3 is 12.3 Å². The van der Waals surface area contributed by atoms with Gasteiger partial charge in [-0.1, -0.05) is 11.8 Å². The van der Waals surface area contributed by atoms with E-state index in [0.717, 1.165) is 0 Å². The zero-order valence-corrected chi connectivity index (χ0v) is 13.4. The fourth-order valence-corrected chi connectivity index (χ4v) is 4.71. The number of hydrogen-bond donors (Lipinski definition) is 5. The summed E-state index contributed by atoms with van der Waals surface area (Å²) in [6.45, 7) is -0.369. The van der Waals surface area contributed by atoms with E-state index in [0.29, 0.717) is 5.16 Å². The first-order valence-corrected chi connectivity index (χ1v) is 8.09. The third-order valence-electron chi connectivity index (χ3n) is 4.18. The van der Waals surface area contributed by atoms with Gasteiger partial charge in [0.2, 0.25) is 5.91 Å². The first-order chi connectivity index (χ1) is 11.9. The number of carboxylic acid groups (broad SMARTS) is 2. The minimum Gasteiger partial charge on any atom is -0.450 e. The van der Waals surface area contributed by atoms with Crippen LogP contribution in [0.25, 0.3) is 0 Å². The van der Waals surface area contributed by atoms with Crippen LogP contribution in [-0.4, -0.2) is 67.2 Å². The molecular weight excluding hydrogens is 358 g/mol. The van der Waals surface area contributed by atoms with Gasteiger partial charge in [0, 0.05) is 17.6 Å². The summed E-state index contributed by atoms with van der Waals surface area (Å²) in [6.07, 6.45) is -2.39. The Morgan fingerprint density at radius 2 is 2.20 bits per heavy atom. The second-order valence-electron chi connectivity index (χ2n) is 5.62. The van der Waals surface area contributed by atoms with Crippen molar-refractivity contribution >= 4 is 30.0 Å². The Labute approximate surface area is 144 Å². The fraction of sp³-hybridized carbons (Fsp3) is 0.583. The van der Waals surface area contributed by atoms with Crippen molar-refractivity contribution in [1.82, 2.24) is 20.5 Å². The molecule has 6 N–H and O–H groups in total. The number of thioether (sulfide) groups is 1. The Morgan fingerprint density at radius 1 is 1.44 bits per heavy atom. The van der Waals surface area contributed by atoms with Crippen molar-refractivity contribution in [3.05, 3.63) is 6.33 Å². The Balaban J connectivity index is 1.86. The lowest BCUT2D eigenvalue weighted by atomic mass is 10.1. The lowest BCUT2D eigenvalue weighted by molar-refractivity contribution is -0.131. The van der Waals surface area contributed by atoms with Gasteiger partial charge in [-0.05, 0) is 0 Å². The number of aromatic nitrogens is 3. The molecule has 2 saturated carbocycles. The van der Waals surface area contributed by atoms with Crippen molar-refractivity contribution < 1.29 is 34.1 Å². The van der Waals surface area contributed by atoms with Crippen LogP contribution in [0.15, 0.2) is 11.5 Å². The van der Waals surface area contributed by atoms with E-state index >= 15 is 0 Å². The number of nitrogens with one attached hydrogen (secondary N) is 2. The van der Waals surface area contributed by atoms with Gasteiger partial charge in [0.15, 0.2) is 10.9 Å². The van der Waals surface area contributed by atoms with Gasteiger partial charge in [0.1, 0.15) is 12.4 Å². The predicted molar refractivity (Wildman–Crippen MR) is 79.6 cm³/mol. The molecule has 1 amide bonds. The highest BCUT2D eigenvalue weighted by atomic mass is 32.2. The molecule has 1 aromatic rings. The van der Waals surface area contributed by atoms with Crippen molar-refractivity contribution in [3.63, 3.8) is 0 Å². The van der Waals surface area contributed by atoms with Gasteiger partial charge in [-0.15, -0.1) is 10.2 Å². The van der Waals surface area contributed by atoms with Crippen LogP contribution in [0.3, 0.4) is 0 Å². The lowest BCUT2D eigenvalue weighted by Gasteiger charge is -2.32. The molecule has 0 bridgehead atoms. The molecule has 0 aliphatic heterocycles. The Morgan fingerprint density at radius 3 is 2.76 bits per heavy atom. The molecule has 0 aromatic carbocycles. The van der Waals surface area contributed by atoms with Gasteiger partial charge in [-0.2, -0.15) is 0 Å². The molecule has 1 aromatic heterocycles. The van der Waals surface area contributed by atoms with E-state index in [9.17, 15) is 14.4 Å². The number of amides is 1. The van der Waals surface area contributed by atoms with Gasteiger partial charge in [0.25, 0.3) is 0 Å². The third-order valence-corrected chi connectivity index (χ3v) is 5.39. The molecule has 2 aliphatic rings. The normalized spacial score (nSPS) is 32.5. The molecule has 0 radical (unpaired) electrons. The number of H-pyrrole nitrogens is 1. The van der Waals surface area contributed by atoms with E-state index in [1.807, 2.05) is 0 Å². The molecule has 12 nitrogen and oxygen atoms in total. The van der Waals surface area contributed by atoms with E-state index in [1.165, 1.54) is 18.1 Å². The molecule has 25 heavy (non-hydrogen) atoms. The zero-order valence-electron chi connectivity index (χ0n) is 12.6. The Hall–Kier alpha value is -2.54. The van der Waals surface area contributed by atoms with Gasteiger partial charge in [0.05, 0.1) is 12.5 Å². The van der Waals surface area contributed by atoms with Crippen molar-refractivity contribution in [2.75, 3.05) is 6.54 Å². The number of hydrogen-bond acceptors (Lipinski definition) is 9. The van der Waals surface area contributed by atoms with Crippen LogP contribution < -0.4 is 11.1 Å². The first-order valence-electron chi connectivity index (χ1n) is 7.21. The van der Waals surface area contributed by atoms with E-state index in [1.54, 1.807) is 0 Å². The lowest BCUT2D eigenvalue weighted by Crippen LogP contribution is -2.55. The maximum absolute atomic E-state index is 11.8. The molecule has 2 aliphatic carbocycles. The number of carbonyl (C=O) groups excluding carboxylic acids is 1. The number of nitrogens with two attached hydrogens (primary N) is 1. The molecule has 5 atom stereocenters. The van der Waals surface area contributed by atoms with Crippen LogP contribution in [0.5, 0.6) is 0 Å². The highest BCUT2D eigenvalue weighted by Crippen LogP contribution is 2.63. The Bertz CT molecular complexity index is 685. The maximum atomic E-state index is 11.8. The molecule has 136 valence electrons. The molecule has 13 heteroatoms. The van der Waals surface area contributed by atoms with Gasteiger partial charge < -0.3 is 35.7 Å². The number of fused-ring (bicyclic) bond motifs is 1. The van der Waals surface area contributed by atoms with Crippen LogP contribution in [0, 0.1) is 11.8 Å². The summed E-state index contributed by atoms with van der Waals surface area (Å²) in [5.41, 5.74) is 3.68. The minimum absolute atomic E-state index is 0.116. The molecule has 0 saturated heterocycles.